The molecule has 3 aromatic carbocycles. The maximum absolute atomic E-state index is 13.6. The van der Waals surface area contributed by atoms with Crippen molar-refractivity contribution in [2.24, 2.45) is 45.2 Å². The number of isocyanates is 1. The minimum atomic E-state index is -0.660. The molecule has 99 heavy (non-hydrogen) atoms. The first-order chi connectivity index (χ1) is 46.9. The van der Waals surface area contributed by atoms with Crippen LogP contribution in [-0.2, 0) is 54.5 Å². The van der Waals surface area contributed by atoms with Crippen LogP contribution in [0, 0.1) is 38.4 Å². The maximum Gasteiger partial charge on any atom is 0.253 e. The number of ether oxygens (including phenoxy) is 4. The first-order valence-corrected chi connectivity index (χ1v) is 34.2. The molecule has 0 aliphatic carbocycles. The molecule has 0 saturated carbocycles. The molecule has 4 aromatic heterocycles. The average Bonchev–Trinajstić information content (AvgIpc) is 1.63. The molecule has 4 fully saturated rings. The van der Waals surface area contributed by atoms with E-state index in [2.05, 4.69) is 53.3 Å². The topological polar surface area (TPSA) is 342 Å². The summed E-state index contributed by atoms with van der Waals surface area (Å²) in [5.41, 5.74) is 29.4. The highest BCUT2D eigenvalue weighted by atomic mass is 127. The standard InChI is InChI=1S/C21H24ClFN4O3.C16H15ClFN3O2.C15H14ClFN4O2.C10H12IN3O2.C5H9NO/c1-21(2,3)7-17(28)26-8-14-18(20(24)29)19(11-4-5-13(23)12(22)6-11)25-27(14)16-10-30-9-15(16)26;17-10-5-8(1-3-11(10)18)15-14(16(19)22)12-4-2-9-6-23-7-13(9)21(12)20-15;16-8-3-7(1-2-9(8)17)14-13(15(18)22)11-4-19-10-5-23-6-12(10)21(11)20-14;11-9-8(10(12)15)6-2-1-5-3-16-4-7(5)14(6)13-9;1-5(2,3)6-4-7/h4-6,15-16H,7-10H2,1-3H3,(H2,24,29);1,3,5,9,13H,2,4,6-7H2,(H2,19,22);1-3,10,12,19H,4-6H2,(H2,18,22);5,7H,1-4H2,(H2,12,15);1-3H3/t15-,16+;9-,13+;10-,12+;5-,7+;/m1111./s1. The molecule has 8 aliphatic rings. The summed E-state index contributed by atoms with van der Waals surface area (Å²) in [6.07, 6.45) is 5.46. The number of primary amides is 4. The van der Waals surface area contributed by atoms with E-state index in [4.69, 9.17) is 76.7 Å². The number of fused-ring (bicyclic) bond motifs is 12. The largest absolute Gasteiger partial charge is 0.379 e. The third-order valence-electron chi connectivity index (χ3n) is 18.4. The van der Waals surface area contributed by atoms with E-state index in [0.717, 1.165) is 49.4 Å². The molecule has 5 amide bonds. The van der Waals surface area contributed by atoms with Crippen LogP contribution in [0.15, 0.2) is 59.6 Å². The van der Waals surface area contributed by atoms with Crippen molar-refractivity contribution in [2.45, 2.75) is 129 Å². The minimum Gasteiger partial charge on any atom is -0.379 e. The third kappa shape index (κ3) is 15.2. The molecule has 32 heteroatoms. The predicted octanol–water partition coefficient (Wildman–Crippen LogP) is 9.06. The number of amides is 5. The van der Waals surface area contributed by atoms with Crippen LogP contribution in [0.5, 0.6) is 0 Å². The van der Waals surface area contributed by atoms with Gasteiger partial charge in [0, 0.05) is 41.5 Å². The van der Waals surface area contributed by atoms with E-state index < -0.39 is 35.2 Å². The molecule has 25 nitrogen and oxygen atoms in total. The normalized spacial score (nSPS) is 22.0. The van der Waals surface area contributed by atoms with Gasteiger partial charge in [0.15, 0.2) is 0 Å². The molecule has 526 valence electrons. The lowest BCUT2D eigenvalue weighted by Gasteiger charge is -2.38. The van der Waals surface area contributed by atoms with E-state index in [1.165, 1.54) is 54.6 Å². The zero-order valence-electron chi connectivity index (χ0n) is 54.9. The van der Waals surface area contributed by atoms with Crippen LogP contribution < -0.4 is 28.3 Å². The summed E-state index contributed by atoms with van der Waals surface area (Å²) in [5.74, 6) is -2.77. The van der Waals surface area contributed by atoms with Gasteiger partial charge in [0.05, 0.1) is 161 Å². The highest BCUT2D eigenvalue weighted by Gasteiger charge is 2.46. The average molecular weight is 1540 g/mol. The van der Waals surface area contributed by atoms with Crippen molar-refractivity contribution in [3.63, 3.8) is 0 Å². The highest BCUT2D eigenvalue weighted by Crippen LogP contribution is 2.43. The molecular formula is C67H74Cl3F3IN15O10. The molecule has 0 spiro atoms. The van der Waals surface area contributed by atoms with Gasteiger partial charge in [-0.3, -0.25) is 42.7 Å². The fraction of sp³-hybridized carbons (Fsp3) is 0.463. The number of benzene rings is 3. The van der Waals surface area contributed by atoms with E-state index in [1.807, 2.05) is 50.9 Å². The van der Waals surface area contributed by atoms with Gasteiger partial charge in [-0.2, -0.15) is 20.4 Å². The van der Waals surface area contributed by atoms with Gasteiger partial charge < -0.3 is 52.1 Å². The number of hydrogen-bond acceptors (Lipinski definition) is 16. The van der Waals surface area contributed by atoms with Gasteiger partial charge in [0.25, 0.3) is 23.6 Å². The van der Waals surface area contributed by atoms with Crippen molar-refractivity contribution in [1.82, 2.24) is 49.3 Å². The maximum atomic E-state index is 13.6. The van der Waals surface area contributed by atoms with E-state index in [0.29, 0.717) is 137 Å². The van der Waals surface area contributed by atoms with Crippen LogP contribution in [0.2, 0.25) is 15.1 Å². The van der Waals surface area contributed by atoms with E-state index in [1.54, 1.807) is 20.3 Å². The fourth-order valence-corrected chi connectivity index (χ4v) is 15.1. The number of aromatic nitrogens is 8. The zero-order chi connectivity index (χ0) is 71.3. The Kier molecular flexibility index (Phi) is 21.7. The summed E-state index contributed by atoms with van der Waals surface area (Å²) >= 11 is 19.7. The molecule has 0 bridgehead atoms. The summed E-state index contributed by atoms with van der Waals surface area (Å²) in [6, 6.07) is 12.9. The van der Waals surface area contributed by atoms with E-state index >= 15 is 0 Å². The Morgan fingerprint density at radius 3 is 1.39 bits per heavy atom. The Labute approximate surface area is 595 Å². The van der Waals surface area contributed by atoms with Crippen LogP contribution in [0.1, 0.15) is 149 Å². The van der Waals surface area contributed by atoms with Gasteiger partial charge in [-0.25, -0.2) is 23.0 Å². The summed E-state index contributed by atoms with van der Waals surface area (Å²) in [5, 5.41) is 21.5. The number of halogens is 7. The van der Waals surface area contributed by atoms with Gasteiger partial charge in [0.1, 0.15) is 38.2 Å². The molecule has 12 heterocycles. The Morgan fingerprint density at radius 1 is 0.556 bits per heavy atom. The highest BCUT2D eigenvalue weighted by molar-refractivity contribution is 14.1. The molecular weight excluding hydrogens is 1470 g/mol. The molecule has 0 unspecified atom stereocenters. The lowest BCUT2D eigenvalue weighted by Crippen LogP contribution is -2.50. The monoisotopic (exact) mass is 1540 g/mol. The number of rotatable bonds is 8. The fourth-order valence-electron chi connectivity index (χ4n) is 13.7. The number of carbonyl (C=O) groups is 5. The molecule has 4 saturated heterocycles. The summed E-state index contributed by atoms with van der Waals surface area (Å²) in [4.78, 5) is 75.6. The van der Waals surface area contributed by atoms with Crippen LogP contribution in [0.25, 0.3) is 33.8 Å². The quantitative estimate of drug-likeness (QED) is 0.0538. The number of nitrogens with one attached hydrogen (secondary N) is 1. The first-order valence-electron chi connectivity index (χ1n) is 32.0. The van der Waals surface area contributed by atoms with Crippen LogP contribution in [0.3, 0.4) is 0 Å². The van der Waals surface area contributed by atoms with Crippen LogP contribution >= 0.6 is 57.4 Å². The van der Waals surface area contributed by atoms with Gasteiger partial charge in [0.2, 0.25) is 12.0 Å². The number of aliphatic imine (C=N–C) groups is 1. The van der Waals surface area contributed by atoms with Crippen LogP contribution in [0.4, 0.5) is 13.2 Å². The lowest BCUT2D eigenvalue weighted by atomic mass is 9.90. The molecule has 15 rings (SSSR count). The number of nitrogens with zero attached hydrogens (tertiary/aromatic N) is 10. The van der Waals surface area contributed by atoms with E-state index in [9.17, 15) is 41.9 Å². The van der Waals surface area contributed by atoms with Crippen molar-refractivity contribution < 1.29 is 60.9 Å². The summed E-state index contributed by atoms with van der Waals surface area (Å²) in [6.45, 7) is 17.0. The van der Waals surface area contributed by atoms with Gasteiger partial charge in [-0.05, 0) is 129 Å². The second kappa shape index (κ2) is 29.5. The zero-order valence-corrected chi connectivity index (χ0v) is 59.4. The molecule has 9 N–H and O–H groups in total. The Balaban J connectivity index is 0.000000131. The SMILES string of the molecule is CC(C)(C)CC(=O)N1Cc2c(C(N)=O)c(-c3ccc(F)c(Cl)c3)nn2[C@H]2COC[C@H]21.CC(C)(C)N=C=O.NC(=O)c1c(-c2ccc(F)c(Cl)c2)nn2c1CC[C@@H]1COC[C@@H]12.NC(=O)c1c(-c2ccc(F)c(Cl)c2)nn2c1CN[C@@H]1COC[C@@H]12.NC(=O)c1c(I)nn2c1CC[C@@H]1COC[C@@H]12. The van der Waals surface area contributed by atoms with Crippen molar-refractivity contribution in [3.05, 3.63) is 136 Å². The second-order valence-corrected chi connectivity index (χ2v) is 29.7. The molecule has 7 aromatic rings. The number of nitrogens with two attached hydrogens (primary N) is 4. The Bertz CT molecular complexity index is 4240. The smallest absolute Gasteiger partial charge is 0.253 e. The van der Waals surface area contributed by atoms with Gasteiger partial charge >= 0.3 is 0 Å². The Hall–Kier alpha value is -7.58. The molecule has 8 atom stereocenters. The Morgan fingerprint density at radius 2 is 0.949 bits per heavy atom. The summed E-state index contributed by atoms with van der Waals surface area (Å²) < 4.78 is 70.7. The molecule has 0 radical (unpaired) electrons. The van der Waals surface area contributed by atoms with Gasteiger partial charge in [-0.1, -0.05) is 55.6 Å². The van der Waals surface area contributed by atoms with Crippen molar-refractivity contribution in [1.29, 1.82) is 0 Å². The predicted molar refractivity (Wildman–Crippen MR) is 367 cm³/mol. The van der Waals surface area contributed by atoms with Crippen molar-refractivity contribution >= 4 is 93.0 Å². The lowest BCUT2D eigenvalue weighted by molar-refractivity contribution is -0.138. The summed E-state index contributed by atoms with van der Waals surface area (Å²) in [7, 11) is 0. The van der Waals surface area contributed by atoms with Crippen molar-refractivity contribution in [3.8, 4) is 33.8 Å². The third-order valence-corrected chi connectivity index (χ3v) is 20.0. The van der Waals surface area contributed by atoms with Crippen molar-refractivity contribution in [2.75, 3.05) is 52.9 Å². The van der Waals surface area contributed by atoms with E-state index in [-0.39, 0.29) is 80.2 Å². The molecule has 8 aliphatic heterocycles. The second-order valence-electron chi connectivity index (χ2n) is 27.4. The van der Waals surface area contributed by atoms with Crippen LogP contribution in [-0.4, -0.2) is 150 Å². The first kappa shape index (κ1) is 72.7. The number of hydrogen-bond donors (Lipinski definition) is 5. The number of carbonyl (C=O) groups excluding carboxylic acids is 6. The minimum absolute atomic E-state index is 0.00255. The van der Waals surface area contributed by atoms with Gasteiger partial charge in [-0.15, -0.1) is 0 Å².